The van der Waals surface area contributed by atoms with Crippen molar-refractivity contribution >= 4 is 17.6 Å². The molecule has 6 heteroatoms. The lowest BCUT2D eigenvalue weighted by atomic mass is 10.1. The lowest BCUT2D eigenvalue weighted by molar-refractivity contribution is 0.0690. The van der Waals surface area contributed by atoms with Gasteiger partial charge in [-0.15, -0.1) is 0 Å². The maximum absolute atomic E-state index is 10.9. The smallest absolute Gasteiger partial charge is 0.354 e. The summed E-state index contributed by atoms with van der Waals surface area (Å²) in [5, 5.41) is 9.40. The number of benzene rings is 1. The molecule has 0 amide bonds. The highest BCUT2D eigenvalue weighted by atomic mass is 35.5. The monoisotopic (exact) mass is 264 g/mol. The van der Waals surface area contributed by atoms with Crippen molar-refractivity contribution in [2.45, 2.75) is 0 Å². The van der Waals surface area contributed by atoms with Crippen LogP contribution in [0, 0.1) is 0 Å². The molecule has 0 fully saturated rings. The first-order chi connectivity index (χ1) is 8.61. The van der Waals surface area contributed by atoms with Crippen LogP contribution in [0.4, 0.5) is 0 Å². The summed E-state index contributed by atoms with van der Waals surface area (Å²) >= 11 is 5.91. The summed E-state index contributed by atoms with van der Waals surface area (Å²) in [6, 6.07) is 6.41. The molecular formula is C12H9ClN2O3. The van der Waals surface area contributed by atoms with Crippen molar-refractivity contribution in [3.05, 3.63) is 41.3 Å². The zero-order chi connectivity index (χ0) is 13.1. The molecule has 0 saturated carbocycles. The Kier molecular flexibility index (Phi) is 3.43. The van der Waals surface area contributed by atoms with Gasteiger partial charge in [0.25, 0.3) is 0 Å². The molecule has 5 nitrogen and oxygen atoms in total. The predicted octanol–water partition coefficient (Wildman–Crippen LogP) is 2.50. The second kappa shape index (κ2) is 5.01. The van der Waals surface area contributed by atoms with Crippen LogP contribution in [0.5, 0.6) is 5.75 Å². The molecule has 0 atom stereocenters. The fourth-order valence-electron chi connectivity index (χ4n) is 1.50. The Morgan fingerprint density at radius 2 is 2.11 bits per heavy atom. The van der Waals surface area contributed by atoms with Gasteiger partial charge in [0.05, 0.1) is 12.8 Å². The van der Waals surface area contributed by atoms with Gasteiger partial charge in [0, 0.05) is 10.6 Å². The number of carbonyl (C=O) groups is 1. The van der Waals surface area contributed by atoms with Gasteiger partial charge in [-0.05, 0) is 24.3 Å². The highest BCUT2D eigenvalue weighted by molar-refractivity contribution is 6.30. The summed E-state index contributed by atoms with van der Waals surface area (Å²) in [6.45, 7) is 0. The van der Waals surface area contributed by atoms with E-state index in [1.807, 2.05) is 0 Å². The van der Waals surface area contributed by atoms with Crippen molar-refractivity contribution in [3.63, 3.8) is 0 Å². The minimum Gasteiger partial charge on any atom is -0.496 e. The molecule has 0 spiro atoms. The Balaban J connectivity index is 2.57. The number of methoxy groups -OCH3 is 1. The molecule has 92 valence electrons. The van der Waals surface area contributed by atoms with Gasteiger partial charge >= 0.3 is 5.97 Å². The highest BCUT2D eigenvalue weighted by Crippen LogP contribution is 2.31. The third kappa shape index (κ3) is 2.41. The second-order valence-electron chi connectivity index (χ2n) is 3.44. The summed E-state index contributed by atoms with van der Waals surface area (Å²) in [5.41, 5.74) is 0.985. The van der Waals surface area contributed by atoms with E-state index in [0.717, 1.165) is 0 Å². The molecule has 18 heavy (non-hydrogen) atoms. The number of carboxylic acid groups (broad SMARTS) is 1. The summed E-state index contributed by atoms with van der Waals surface area (Å²) in [4.78, 5) is 18.5. The summed E-state index contributed by atoms with van der Waals surface area (Å²) in [6.07, 6.45) is 1.19. The number of aromatic nitrogens is 2. The Bertz CT molecular complexity index is 602. The number of nitrogens with zero attached hydrogens (tertiary/aromatic N) is 2. The number of ether oxygens (including phenoxy) is 1. The minimum atomic E-state index is -1.11. The Morgan fingerprint density at radius 1 is 1.33 bits per heavy atom. The lowest BCUT2D eigenvalue weighted by Gasteiger charge is -2.08. The van der Waals surface area contributed by atoms with Gasteiger partial charge in [-0.3, -0.25) is 0 Å². The average Bonchev–Trinajstić information content (AvgIpc) is 2.39. The SMILES string of the molecule is COc1ccc(Cl)cc1-c1cc(C(=O)O)ncn1. The first kappa shape index (κ1) is 12.3. The minimum absolute atomic E-state index is 0.0815. The third-order valence-corrected chi connectivity index (χ3v) is 2.56. The molecule has 0 aliphatic rings. The van der Waals surface area contributed by atoms with E-state index in [4.69, 9.17) is 21.4 Å². The van der Waals surface area contributed by atoms with Crippen molar-refractivity contribution in [2.24, 2.45) is 0 Å². The Labute approximate surface area is 108 Å². The number of carboxylic acids is 1. The van der Waals surface area contributed by atoms with Gasteiger partial charge in [-0.2, -0.15) is 0 Å². The van der Waals surface area contributed by atoms with Gasteiger partial charge < -0.3 is 9.84 Å². The van der Waals surface area contributed by atoms with Crippen LogP contribution in [0.25, 0.3) is 11.3 Å². The second-order valence-corrected chi connectivity index (χ2v) is 3.87. The molecule has 2 aromatic rings. The quantitative estimate of drug-likeness (QED) is 0.922. The van der Waals surface area contributed by atoms with Crippen LogP contribution < -0.4 is 4.74 Å². The fraction of sp³-hybridized carbons (Fsp3) is 0.0833. The number of rotatable bonds is 3. The van der Waals surface area contributed by atoms with Crippen LogP contribution in [0.3, 0.4) is 0 Å². The van der Waals surface area contributed by atoms with Crippen LogP contribution in [0.2, 0.25) is 5.02 Å². The van der Waals surface area contributed by atoms with E-state index in [9.17, 15) is 4.79 Å². The van der Waals surface area contributed by atoms with Crippen molar-refractivity contribution in [1.82, 2.24) is 9.97 Å². The van der Waals surface area contributed by atoms with Crippen molar-refractivity contribution in [3.8, 4) is 17.0 Å². The Morgan fingerprint density at radius 3 is 2.78 bits per heavy atom. The van der Waals surface area contributed by atoms with E-state index in [1.165, 1.54) is 19.5 Å². The van der Waals surface area contributed by atoms with E-state index < -0.39 is 5.97 Å². The normalized spacial score (nSPS) is 10.1. The van der Waals surface area contributed by atoms with Crippen LogP contribution >= 0.6 is 11.6 Å². The molecular weight excluding hydrogens is 256 g/mol. The molecule has 0 bridgehead atoms. The molecule has 1 N–H and O–H groups in total. The van der Waals surface area contributed by atoms with Crippen LogP contribution in [0.1, 0.15) is 10.5 Å². The molecule has 0 radical (unpaired) electrons. The summed E-state index contributed by atoms with van der Waals surface area (Å²) < 4.78 is 5.19. The zero-order valence-corrected chi connectivity index (χ0v) is 10.2. The van der Waals surface area contributed by atoms with Gasteiger partial charge in [0.2, 0.25) is 0 Å². The molecule has 1 heterocycles. The number of halogens is 1. The summed E-state index contributed by atoms with van der Waals surface area (Å²) in [7, 11) is 1.52. The first-order valence-corrected chi connectivity index (χ1v) is 5.39. The first-order valence-electron chi connectivity index (χ1n) is 5.01. The summed E-state index contributed by atoms with van der Waals surface area (Å²) in [5.74, 6) is -0.547. The largest absolute Gasteiger partial charge is 0.496 e. The van der Waals surface area contributed by atoms with E-state index in [1.54, 1.807) is 18.2 Å². The molecule has 0 saturated heterocycles. The van der Waals surface area contributed by atoms with Gasteiger partial charge in [-0.1, -0.05) is 11.6 Å². The maximum atomic E-state index is 10.9. The van der Waals surface area contributed by atoms with Crippen LogP contribution in [-0.4, -0.2) is 28.2 Å². The molecule has 1 aromatic heterocycles. The molecule has 1 aromatic carbocycles. The van der Waals surface area contributed by atoms with E-state index in [0.29, 0.717) is 22.0 Å². The number of hydrogen-bond donors (Lipinski definition) is 1. The van der Waals surface area contributed by atoms with E-state index in [2.05, 4.69) is 9.97 Å². The third-order valence-electron chi connectivity index (χ3n) is 2.32. The van der Waals surface area contributed by atoms with Crippen LogP contribution in [-0.2, 0) is 0 Å². The highest BCUT2D eigenvalue weighted by Gasteiger charge is 2.11. The molecule has 0 aliphatic heterocycles. The van der Waals surface area contributed by atoms with Crippen molar-refractivity contribution < 1.29 is 14.6 Å². The van der Waals surface area contributed by atoms with Crippen LogP contribution in [0.15, 0.2) is 30.6 Å². The Hall–Kier alpha value is -2.14. The van der Waals surface area contributed by atoms with Gasteiger partial charge in [0.1, 0.15) is 12.1 Å². The van der Waals surface area contributed by atoms with Gasteiger partial charge in [0.15, 0.2) is 5.69 Å². The van der Waals surface area contributed by atoms with E-state index >= 15 is 0 Å². The average molecular weight is 265 g/mol. The topological polar surface area (TPSA) is 72.3 Å². The number of aromatic carboxylic acids is 1. The lowest BCUT2D eigenvalue weighted by Crippen LogP contribution is -2.01. The maximum Gasteiger partial charge on any atom is 0.354 e. The number of hydrogen-bond acceptors (Lipinski definition) is 4. The predicted molar refractivity (Wildman–Crippen MR) is 66.0 cm³/mol. The molecule has 0 unspecified atom stereocenters. The van der Waals surface area contributed by atoms with Crippen molar-refractivity contribution in [2.75, 3.05) is 7.11 Å². The van der Waals surface area contributed by atoms with Gasteiger partial charge in [-0.25, -0.2) is 14.8 Å². The standard InChI is InChI=1S/C12H9ClN2O3/c1-18-11-3-2-7(13)4-8(11)9-5-10(12(16)17)15-6-14-9/h2-6H,1H3,(H,16,17). The fourth-order valence-corrected chi connectivity index (χ4v) is 1.67. The zero-order valence-electron chi connectivity index (χ0n) is 9.42. The van der Waals surface area contributed by atoms with E-state index in [-0.39, 0.29) is 5.69 Å². The molecule has 0 aliphatic carbocycles. The molecule has 2 rings (SSSR count). The van der Waals surface area contributed by atoms with Crippen molar-refractivity contribution in [1.29, 1.82) is 0 Å².